The normalized spacial score (nSPS) is 21.1. The molecule has 2 aromatic heterocycles. The molecule has 6 nitrogen and oxygen atoms in total. The van der Waals surface area contributed by atoms with Gasteiger partial charge in [-0.2, -0.15) is 13.2 Å². The number of aromatic nitrogens is 2. The third kappa shape index (κ3) is 3.60. The molecular formula is C27H21F3N4O2. The lowest BCUT2D eigenvalue weighted by Gasteiger charge is -2.18. The molecule has 9 heteroatoms. The van der Waals surface area contributed by atoms with E-state index in [2.05, 4.69) is 21.2 Å². The van der Waals surface area contributed by atoms with Crippen LogP contribution < -0.4 is 5.73 Å². The van der Waals surface area contributed by atoms with Gasteiger partial charge in [0.1, 0.15) is 11.3 Å². The molecule has 0 spiro atoms. The number of hydrogen-bond donors (Lipinski definition) is 1. The fraction of sp³-hybridized carbons (Fsp3) is 0.296. The van der Waals surface area contributed by atoms with E-state index in [1.54, 1.807) is 30.3 Å². The van der Waals surface area contributed by atoms with E-state index < -0.39 is 17.4 Å². The Balaban J connectivity index is 1.39. The summed E-state index contributed by atoms with van der Waals surface area (Å²) in [6, 6.07) is 14.1. The highest BCUT2D eigenvalue weighted by Crippen LogP contribution is 2.47. The second-order valence-corrected chi connectivity index (χ2v) is 9.51. The van der Waals surface area contributed by atoms with Crippen LogP contribution in [0, 0.1) is 6.57 Å². The lowest BCUT2D eigenvalue weighted by atomic mass is 9.85. The van der Waals surface area contributed by atoms with Crippen LogP contribution in [0.15, 0.2) is 57.6 Å². The highest BCUT2D eigenvalue weighted by atomic mass is 19.4. The Morgan fingerprint density at radius 1 is 1.00 bits per heavy atom. The fourth-order valence-electron chi connectivity index (χ4n) is 5.44. The van der Waals surface area contributed by atoms with Crippen LogP contribution in [0.2, 0.25) is 0 Å². The fourth-order valence-corrected chi connectivity index (χ4v) is 5.44. The second kappa shape index (κ2) is 8.07. The zero-order valence-electron chi connectivity index (χ0n) is 19.1. The first-order valence-corrected chi connectivity index (χ1v) is 11.7. The maximum atomic E-state index is 14.2. The highest BCUT2D eigenvalue weighted by Gasteiger charge is 2.44. The summed E-state index contributed by atoms with van der Waals surface area (Å²) in [5, 5.41) is 7.95. The number of nitrogens with zero attached hydrogens (tertiary/aromatic N) is 3. The molecule has 6 rings (SSSR count). The zero-order chi connectivity index (χ0) is 25.1. The standard InChI is InChI=1S/C27H21F3N4O2/c1-32-26(31)12-11-18(14-26)16-7-9-19-17(13-16)8-10-20-22(19)33-36-25(20)23-21(27(28,29)30)24(35-34-23)15-5-3-2-4-6-15/h2-7,9,13,18H,8,10-12,14,31H2. The van der Waals surface area contributed by atoms with Crippen molar-refractivity contribution in [3.05, 3.63) is 82.2 Å². The van der Waals surface area contributed by atoms with Gasteiger partial charge in [0.25, 0.3) is 5.66 Å². The average Bonchev–Trinajstić information content (AvgIpc) is 3.60. The number of aryl methyl sites for hydroxylation is 1. The Labute approximate surface area is 204 Å². The largest absolute Gasteiger partial charge is 0.422 e. The summed E-state index contributed by atoms with van der Waals surface area (Å²) in [7, 11) is 0. The van der Waals surface area contributed by atoms with Crippen molar-refractivity contribution in [1.82, 2.24) is 10.3 Å². The molecular weight excluding hydrogens is 469 g/mol. The van der Waals surface area contributed by atoms with Crippen LogP contribution in [0.4, 0.5) is 13.2 Å². The Bertz CT molecular complexity index is 1500. The van der Waals surface area contributed by atoms with Crippen molar-refractivity contribution in [1.29, 1.82) is 0 Å². The molecule has 2 heterocycles. The van der Waals surface area contributed by atoms with Gasteiger partial charge in [0.2, 0.25) is 0 Å². The molecule has 36 heavy (non-hydrogen) atoms. The summed E-state index contributed by atoms with van der Waals surface area (Å²) in [5.74, 6) is -0.153. The number of benzene rings is 2. The molecule has 2 aromatic carbocycles. The molecule has 1 fully saturated rings. The Morgan fingerprint density at radius 2 is 1.75 bits per heavy atom. The minimum absolute atomic E-state index is 0.0150. The predicted octanol–water partition coefficient (Wildman–Crippen LogP) is 6.62. The summed E-state index contributed by atoms with van der Waals surface area (Å²) in [5.41, 5.74) is 8.39. The molecule has 4 aromatic rings. The van der Waals surface area contributed by atoms with Crippen molar-refractivity contribution < 1.29 is 22.2 Å². The van der Waals surface area contributed by atoms with Gasteiger partial charge in [0.05, 0.1) is 0 Å². The summed E-state index contributed by atoms with van der Waals surface area (Å²) in [4.78, 5) is 3.60. The summed E-state index contributed by atoms with van der Waals surface area (Å²) in [6.07, 6.45) is -1.48. The van der Waals surface area contributed by atoms with E-state index in [0.29, 0.717) is 36.9 Å². The van der Waals surface area contributed by atoms with E-state index in [1.807, 2.05) is 12.1 Å². The number of halogens is 3. The molecule has 0 saturated heterocycles. The van der Waals surface area contributed by atoms with Crippen molar-refractivity contribution in [2.45, 2.75) is 49.9 Å². The van der Waals surface area contributed by atoms with Crippen LogP contribution in [0.25, 0.3) is 38.9 Å². The molecule has 0 radical (unpaired) electrons. The van der Waals surface area contributed by atoms with Crippen LogP contribution in [0.5, 0.6) is 0 Å². The third-order valence-corrected chi connectivity index (χ3v) is 7.26. The van der Waals surface area contributed by atoms with Gasteiger partial charge < -0.3 is 9.05 Å². The van der Waals surface area contributed by atoms with E-state index in [0.717, 1.165) is 23.1 Å². The van der Waals surface area contributed by atoms with Gasteiger partial charge in [0.15, 0.2) is 17.2 Å². The van der Waals surface area contributed by atoms with Crippen LogP contribution in [-0.4, -0.2) is 16.0 Å². The van der Waals surface area contributed by atoms with Gasteiger partial charge in [0, 0.05) is 29.5 Å². The van der Waals surface area contributed by atoms with Crippen LogP contribution in [0.3, 0.4) is 0 Å². The van der Waals surface area contributed by atoms with Crippen molar-refractivity contribution in [2.75, 3.05) is 0 Å². The number of fused-ring (bicyclic) bond motifs is 3. The molecule has 0 amide bonds. The summed E-state index contributed by atoms with van der Waals surface area (Å²) >= 11 is 0. The average molecular weight is 490 g/mol. The van der Waals surface area contributed by atoms with E-state index in [9.17, 15) is 13.2 Å². The molecule has 2 aliphatic carbocycles. The number of rotatable bonds is 3. The Morgan fingerprint density at radius 3 is 2.47 bits per heavy atom. The minimum Gasteiger partial charge on any atom is -0.355 e. The molecule has 2 N–H and O–H groups in total. The van der Waals surface area contributed by atoms with Crippen LogP contribution in [-0.2, 0) is 19.0 Å². The van der Waals surface area contributed by atoms with E-state index in [-0.39, 0.29) is 28.7 Å². The molecule has 2 unspecified atom stereocenters. The first-order chi connectivity index (χ1) is 17.3. The molecule has 0 aliphatic heterocycles. The lowest BCUT2D eigenvalue weighted by molar-refractivity contribution is -0.136. The zero-order valence-corrected chi connectivity index (χ0v) is 19.1. The van der Waals surface area contributed by atoms with Gasteiger partial charge in [-0.1, -0.05) is 58.8 Å². The van der Waals surface area contributed by atoms with Gasteiger partial charge in [-0.15, -0.1) is 0 Å². The predicted molar refractivity (Wildman–Crippen MR) is 125 cm³/mol. The molecule has 2 aliphatic rings. The molecule has 182 valence electrons. The van der Waals surface area contributed by atoms with E-state index in [4.69, 9.17) is 21.4 Å². The van der Waals surface area contributed by atoms with Crippen molar-refractivity contribution >= 4 is 0 Å². The van der Waals surface area contributed by atoms with Gasteiger partial charge >= 0.3 is 6.18 Å². The van der Waals surface area contributed by atoms with E-state index >= 15 is 0 Å². The lowest BCUT2D eigenvalue weighted by Crippen LogP contribution is -2.32. The minimum atomic E-state index is -4.70. The quantitative estimate of drug-likeness (QED) is 0.326. The second-order valence-electron chi connectivity index (χ2n) is 9.51. The first kappa shape index (κ1) is 22.6. The Kier molecular flexibility index (Phi) is 5.05. The van der Waals surface area contributed by atoms with Crippen molar-refractivity contribution in [3.8, 4) is 34.0 Å². The van der Waals surface area contributed by atoms with Crippen molar-refractivity contribution in [3.63, 3.8) is 0 Å². The van der Waals surface area contributed by atoms with Gasteiger partial charge in [-0.3, -0.25) is 10.6 Å². The number of alkyl halides is 3. The summed E-state index contributed by atoms with van der Waals surface area (Å²) < 4.78 is 53.2. The highest BCUT2D eigenvalue weighted by molar-refractivity contribution is 5.79. The van der Waals surface area contributed by atoms with Gasteiger partial charge in [-0.05, 0) is 36.3 Å². The van der Waals surface area contributed by atoms with Crippen LogP contribution >= 0.6 is 0 Å². The first-order valence-electron chi connectivity index (χ1n) is 11.7. The smallest absolute Gasteiger partial charge is 0.355 e. The number of hydrogen-bond acceptors (Lipinski definition) is 5. The maximum Gasteiger partial charge on any atom is 0.422 e. The third-order valence-electron chi connectivity index (χ3n) is 7.26. The SMILES string of the molecule is [C-]#[N+]C1(N)CCC(c2ccc3c(c2)CCc2c-3noc2-c2noc(-c3ccccc3)c2C(F)(F)F)C1. The Hall–Kier alpha value is -3.90. The molecule has 0 bridgehead atoms. The van der Waals surface area contributed by atoms with E-state index in [1.165, 1.54) is 0 Å². The maximum absolute atomic E-state index is 14.2. The monoisotopic (exact) mass is 490 g/mol. The molecule has 1 saturated carbocycles. The summed E-state index contributed by atoms with van der Waals surface area (Å²) in [6.45, 7) is 7.36. The molecule has 2 atom stereocenters. The van der Waals surface area contributed by atoms with Crippen molar-refractivity contribution in [2.24, 2.45) is 5.73 Å². The van der Waals surface area contributed by atoms with Crippen LogP contribution in [0.1, 0.15) is 47.4 Å². The van der Waals surface area contributed by atoms with Gasteiger partial charge in [-0.25, -0.2) is 6.57 Å². The topological polar surface area (TPSA) is 82.4 Å². The number of nitrogens with two attached hydrogens (primary N) is 1.